The molecule has 0 aliphatic carbocycles. The Kier molecular flexibility index (Phi) is 7.69. The maximum Gasteiger partial charge on any atom is 0.339 e. The smallest absolute Gasteiger partial charge is 0.339 e. The summed E-state index contributed by atoms with van der Waals surface area (Å²) in [6.45, 7) is -0.541. The number of ether oxygens (including phenoxy) is 4. The van der Waals surface area contributed by atoms with Crippen molar-refractivity contribution in [3.63, 3.8) is 0 Å². The van der Waals surface area contributed by atoms with Crippen LogP contribution in [0.15, 0.2) is 60.7 Å². The van der Waals surface area contributed by atoms with Crippen molar-refractivity contribution in [2.75, 3.05) is 27.9 Å². The highest BCUT2D eigenvalue weighted by Crippen LogP contribution is 2.38. The van der Waals surface area contributed by atoms with Gasteiger partial charge in [0.05, 0.1) is 26.9 Å². The van der Waals surface area contributed by atoms with Gasteiger partial charge in [-0.1, -0.05) is 29.8 Å². The van der Waals surface area contributed by atoms with Crippen molar-refractivity contribution in [3.8, 4) is 17.2 Å². The minimum atomic E-state index is -0.797. The Hall–Kier alpha value is -3.84. The Bertz CT molecular complexity index is 1160. The molecule has 0 atom stereocenters. The molecule has 0 saturated carbocycles. The molecule has 7 nitrogen and oxygen atoms in total. The van der Waals surface area contributed by atoms with Crippen LogP contribution in [0.4, 0.5) is 0 Å². The summed E-state index contributed by atoms with van der Waals surface area (Å²) >= 11 is 5.88. The molecule has 0 bridgehead atoms. The van der Waals surface area contributed by atoms with E-state index in [1.807, 2.05) is 0 Å². The maximum atomic E-state index is 12.9. The van der Waals surface area contributed by atoms with E-state index in [0.29, 0.717) is 27.8 Å². The summed E-state index contributed by atoms with van der Waals surface area (Å²) < 4.78 is 21.0. The van der Waals surface area contributed by atoms with Crippen LogP contribution in [0, 0.1) is 0 Å². The van der Waals surface area contributed by atoms with E-state index in [9.17, 15) is 14.4 Å². The molecule has 0 aliphatic heterocycles. The lowest BCUT2D eigenvalue weighted by Gasteiger charge is -2.14. The molecule has 0 amide bonds. The fourth-order valence-electron chi connectivity index (χ4n) is 3.15. The number of rotatable bonds is 9. The molecule has 0 aliphatic rings. The first-order valence-electron chi connectivity index (χ1n) is 9.79. The Morgan fingerprint density at radius 1 is 0.758 bits per heavy atom. The molecule has 0 saturated heterocycles. The Labute approximate surface area is 195 Å². The number of carbonyl (C=O) groups excluding carboxylic acids is 3. The SMILES string of the molecule is COc1cc(C(=O)COC(=O)c2ccccc2C(=O)c2ccc(Cl)cc2)cc(OC)c1OC. The third-order valence-corrected chi connectivity index (χ3v) is 5.07. The molecule has 0 fully saturated rings. The summed E-state index contributed by atoms with van der Waals surface area (Å²) in [5, 5.41) is 0.490. The lowest BCUT2D eigenvalue weighted by molar-refractivity contribution is 0.0473. The molecular weight excluding hydrogens is 448 g/mol. The summed E-state index contributed by atoms with van der Waals surface area (Å²) in [6, 6.07) is 15.5. The van der Waals surface area contributed by atoms with Crippen LogP contribution >= 0.6 is 11.6 Å². The lowest BCUT2D eigenvalue weighted by Crippen LogP contribution is -2.17. The number of hydrogen-bond donors (Lipinski definition) is 0. The zero-order valence-electron chi connectivity index (χ0n) is 18.2. The number of Topliss-reactive ketones (excluding diaryl/α,β-unsaturated/α-hetero) is 1. The zero-order valence-corrected chi connectivity index (χ0v) is 19.0. The van der Waals surface area contributed by atoms with Gasteiger partial charge in [0.1, 0.15) is 0 Å². The summed E-state index contributed by atoms with van der Waals surface area (Å²) in [7, 11) is 4.31. The van der Waals surface area contributed by atoms with Gasteiger partial charge in [-0.2, -0.15) is 0 Å². The van der Waals surface area contributed by atoms with Gasteiger partial charge in [-0.05, 0) is 42.5 Å². The first-order valence-corrected chi connectivity index (χ1v) is 10.2. The van der Waals surface area contributed by atoms with Gasteiger partial charge in [-0.3, -0.25) is 9.59 Å². The van der Waals surface area contributed by atoms with Crippen LogP contribution in [0.2, 0.25) is 5.02 Å². The van der Waals surface area contributed by atoms with E-state index in [-0.39, 0.29) is 22.5 Å². The normalized spacial score (nSPS) is 10.3. The van der Waals surface area contributed by atoms with E-state index in [1.54, 1.807) is 36.4 Å². The number of esters is 1. The Balaban J connectivity index is 1.79. The van der Waals surface area contributed by atoms with E-state index >= 15 is 0 Å². The number of hydrogen-bond acceptors (Lipinski definition) is 7. The van der Waals surface area contributed by atoms with Crippen molar-refractivity contribution in [2.24, 2.45) is 0 Å². The number of ketones is 2. The van der Waals surface area contributed by atoms with Gasteiger partial charge >= 0.3 is 5.97 Å². The summed E-state index contributed by atoms with van der Waals surface area (Å²) in [5.41, 5.74) is 0.788. The first kappa shape index (κ1) is 23.8. The molecular formula is C25H21ClO7. The second kappa shape index (κ2) is 10.7. The molecule has 0 heterocycles. The highest BCUT2D eigenvalue weighted by atomic mass is 35.5. The second-order valence-corrected chi connectivity index (χ2v) is 7.23. The predicted molar refractivity (Wildman–Crippen MR) is 122 cm³/mol. The molecule has 0 N–H and O–H groups in total. The van der Waals surface area contributed by atoms with Crippen LogP contribution in [0.1, 0.15) is 36.6 Å². The van der Waals surface area contributed by atoms with Gasteiger partial charge in [0.2, 0.25) is 11.5 Å². The lowest BCUT2D eigenvalue weighted by atomic mass is 9.98. The van der Waals surface area contributed by atoms with Crippen molar-refractivity contribution >= 4 is 29.1 Å². The van der Waals surface area contributed by atoms with Crippen molar-refractivity contribution < 1.29 is 33.3 Å². The van der Waals surface area contributed by atoms with Crippen LogP contribution in [-0.4, -0.2) is 45.5 Å². The Morgan fingerprint density at radius 3 is 1.88 bits per heavy atom. The first-order chi connectivity index (χ1) is 15.9. The van der Waals surface area contributed by atoms with Gasteiger partial charge in [0, 0.05) is 21.7 Å². The van der Waals surface area contributed by atoms with Gasteiger partial charge in [0.15, 0.2) is 23.9 Å². The summed E-state index contributed by atoms with van der Waals surface area (Å²) in [4.78, 5) is 38.3. The molecule has 0 aromatic heterocycles. The van der Waals surface area contributed by atoms with Crippen molar-refractivity contribution in [1.82, 2.24) is 0 Å². The predicted octanol–water partition coefficient (Wildman–Crippen LogP) is 4.64. The fourth-order valence-corrected chi connectivity index (χ4v) is 3.28. The molecule has 33 heavy (non-hydrogen) atoms. The Morgan fingerprint density at radius 2 is 1.33 bits per heavy atom. The van der Waals surface area contributed by atoms with E-state index < -0.39 is 18.4 Å². The van der Waals surface area contributed by atoms with Crippen molar-refractivity contribution in [2.45, 2.75) is 0 Å². The van der Waals surface area contributed by atoms with Crippen molar-refractivity contribution in [1.29, 1.82) is 0 Å². The molecule has 3 aromatic carbocycles. The third-order valence-electron chi connectivity index (χ3n) is 4.82. The van der Waals surface area contributed by atoms with E-state index in [1.165, 1.54) is 45.6 Å². The molecule has 3 aromatic rings. The largest absolute Gasteiger partial charge is 0.493 e. The topological polar surface area (TPSA) is 88.1 Å². The zero-order chi connectivity index (χ0) is 24.0. The monoisotopic (exact) mass is 468 g/mol. The molecule has 0 spiro atoms. The average Bonchev–Trinajstić information content (AvgIpc) is 2.86. The second-order valence-electron chi connectivity index (χ2n) is 6.79. The molecule has 0 radical (unpaired) electrons. The number of methoxy groups -OCH3 is 3. The van der Waals surface area contributed by atoms with Gasteiger partial charge in [0.25, 0.3) is 0 Å². The third kappa shape index (κ3) is 5.32. The number of carbonyl (C=O) groups is 3. The van der Waals surface area contributed by atoms with Crippen LogP contribution < -0.4 is 14.2 Å². The van der Waals surface area contributed by atoms with Gasteiger partial charge in [-0.15, -0.1) is 0 Å². The minimum Gasteiger partial charge on any atom is -0.493 e. The van der Waals surface area contributed by atoms with Crippen LogP contribution in [0.3, 0.4) is 0 Å². The molecule has 8 heteroatoms. The quantitative estimate of drug-likeness (QED) is 0.334. The van der Waals surface area contributed by atoms with Crippen molar-refractivity contribution in [3.05, 3.63) is 87.9 Å². The standard InChI is InChI=1S/C25H21ClO7/c1-30-21-12-16(13-22(31-2)24(21)32-3)20(27)14-33-25(29)19-7-5-4-6-18(19)23(28)15-8-10-17(26)11-9-15/h4-13H,14H2,1-3H3. The van der Waals surface area contributed by atoms with Gasteiger partial charge < -0.3 is 18.9 Å². The number of benzene rings is 3. The summed E-state index contributed by atoms with van der Waals surface area (Å²) in [6.07, 6.45) is 0. The van der Waals surface area contributed by atoms with Crippen LogP contribution in [0.25, 0.3) is 0 Å². The van der Waals surface area contributed by atoms with Crippen LogP contribution in [-0.2, 0) is 4.74 Å². The highest BCUT2D eigenvalue weighted by molar-refractivity contribution is 6.30. The van der Waals surface area contributed by atoms with E-state index in [4.69, 9.17) is 30.5 Å². The maximum absolute atomic E-state index is 12.9. The molecule has 3 rings (SSSR count). The van der Waals surface area contributed by atoms with E-state index in [0.717, 1.165) is 0 Å². The average molecular weight is 469 g/mol. The van der Waals surface area contributed by atoms with E-state index in [2.05, 4.69) is 0 Å². The highest BCUT2D eigenvalue weighted by Gasteiger charge is 2.22. The minimum absolute atomic E-state index is 0.0511. The summed E-state index contributed by atoms with van der Waals surface area (Å²) in [5.74, 6) is -0.716. The molecule has 0 unspecified atom stereocenters. The van der Waals surface area contributed by atoms with Crippen LogP contribution in [0.5, 0.6) is 17.2 Å². The number of halogens is 1. The molecule has 170 valence electrons. The van der Waals surface area contributed by atoms with Gasteiger partial charge in [-0.25, -0.2) is 4.79 Å². The fraction of sp³-hybridized carbons (Fsp3) is 0.160.